The van der Waals surface area contributed by atoms with Crippen molar-refractivity contribution in [2.45, 2.75) is 64.1 Å². The first-order valence-electron chi connectivity index (χ1n) is 11.3. The topological polar surface area (TPSA) is 64.0 Å². The van der Waals surface area contributed by atoms with E-state index in [4.69, 9.17) is 0 Å². The predicted molar refractivity (Wildman–Crippen MR) is 123 cm³/mol. The number of nitrogens with zero attached hydrogens (tertiary/aromatic N) is 2. The maximum absolute atomic E-state index is 15.3. The third-order valence-electron chi connectivity index (χ3n) is 5.90. The number of rotatable bonds is 7. The van der Waals surface area contributed by atoms with Crippen LogP contribution in [0.15, 0.2) is 30.6 Å². The second kappa shape index (κ2) is 9.26. The average Bonchev–Trinajstić information content (AvgIpc) is 3.56. The van der Waals surface area contributed by atoms with Crippen LogP contribution in [0.1, 0.15) is 50.8 Å². The van der Waals surface area contributed by atoms with E-state index in [1.807, 2.05) is 25.5 Å². The van der Waals surface area contributed by atoms with Crippen molar-refractivity contribution in [1.29, 1.82) is 0 Å². The van der Waals surface area contributed by atoms with E-state index in [-0.39, 0.29) is 29.1 Å². The normalized spacial score (nSPS) is 16.1. The largest absolute Gasteiger partial charge is 0.418 e. The first-order valence-corrected chi connectivity index (χ1v) is 12.9. The first kappa shape index (κ1) is 27.4. The molecule has 1 saturated carbocycles. The van der Waals surface area contributed by atoms with E-state index >= 15 is 4.39 Å². The van der Waals surface area contributed by atoms with Gasteiger partial charge in [-0.3, -0.25) is 4.98 Å². The minimum absolute atomic E-state index is 0.0926. The highest BCUT2D eigenvalue weighted by atomic mass is 32.2. The van der Waals surface area contributed by atoms with Crippen molar-refractivity contribution in [3.05, 3.63) is 53.4 Å². The molecule has 5 nitrogen and oxygen atoms in total. The Balaban J connectivity index is 1.95. The molecule has 1 unspecified atom stereocenters. The fourth-order valence-electron chi connectivity index (χ4n) is 4.18. The van der Waals surface area contributed by atoms with Gasteiger partial charge < -0.3 is 4.57 Å². The molecule has 4 rings (SSSR count). The van der Waals surface area contributed by atoms with Gasteiger partial charge in [0.15, 0.2) is 0 Å². The summed E-state index contributed by atoms with van der Waals surface area (Å²) >= 11 is 0. The monoisotopic (exact) mass is 551 g/mol. The first-order chi connectivity index (χ1) is 17.0. The van der Waals surface area contributed by atoms with Gasteiger partial charge in [0.05, 0.1) is 22.7 Å². The molecule has 0 bridgehead atoms. The Hall–Kier alpha value is -2.67. The molecular weight excluding hydrogens is 527 g/mol. The molecule has 1 N–H and O–H groups in total. The van der Waals surface area contributed by atoms with Gasteiger partial charge in [-0.2, -0.15) is 13.2 Å². The maximum atomic E-state index is 15.3. The third kappa shape index (κ3) is 5.77. The Morgan fingerprint density at radius 3 is 2.30 bits per heavy atom. The highest BCUT2D eigenvalue weighted by Gasteiger charge is 2.40. The Bertz CT molecular complexity index is 1440. The zero-order chi connectivity index (χ0) is 27.5. The van der Waals surface area contributed by atoms with Gasteiger partial charge in [0, 0.05) is 34.8 Å². The zero-order valence-electron chi connectivity index (χ0n) is 20.0. The minimum atomic E-state index is -5.05. The van der Waals surface area contributed by atoms with E-state index in [0.717, 1.165) is 12.1 Å². The molecular formula is C24H24F7N3O2S. The predicted octanol–water partition coefficient (Wildman–Crippen LogP) is 6.43. The van der Waals surface area contributed by atoms with Crippen LogP contribution in [0.3, 0.4) is 0 Å². The number of halogens is 7. The smallest absolute Gasteiger partial charge is 0.347 e. The Morgan fingerprint density at radius 2 is 1.76 bits per heavy atom. The number of alkyl halides is 5. The van der Waals surface area contributed by atoms with E-state index in [9.17, 15) is 34.8 Å². The molecule has 1 aromatic carbocycles. The Morgan fingerprint density at radius 1 is 1.11 bits per heavy atom. The van der Waals surface area contributed by atoms with Crippen molar-refractivity contribution in [3.63, 3.8) is 0 Å². The summed E-state index contributed by atoms with van der Waals surface area (Å²) in [5, 5.41) is -0.879. The standard InChI is InChI=1S/C24H24F7N3O2S/c1-23(2,3)11-34-10-16(21(22(27)28)33-37(35,36)13-4-5-13)14-7-18(26)15(8-19(14)34)20-17(24(29,30)31)6-12(25)9-32-20/h6-10,13,21-22,33H,4-5,11H2,1-3H3. The fraction of sp³-hybridized carbons (Fsp3) is 0.458. The lowest BCUT2D eigenvalue weighted by Gasteiger charge is -2.20. The number of nitrogens with one attached hydrogen (secondary N) is 1. The van der Waals surface area contributed by atoms with E-state index in [2.05, 4.69) is 4.98 Å². The van der Waals surface area contributed by atoms with Gasteiger partial charge in [-0.1, -0.05) is 20.8 Å². The van der Waals surface area contributed by atoms with Crippen LogP contribution >= 0.6 is 0 Å². The number of aromatic nitrogens is 2. The van der Waals surface area contributed by atoms with Crippen molar-refractivity contribution < 1.29 is 39.2 Å². The molecule has 0 aliphatic heterocycles. The molecule has 202 valence electrons. The summed E-state index contributed by atoms with van der Waals surface area (Å²) in [6.07, 6.45) is -5.79. The second-order valence-corrected chi connectivity index (χ2v) is 12.3. The van der Waals surface area contributed by atoms with Gasteiger partial charge in [0.25, 0.3) is 6.43 Å². The van der Waals surface area contributed by atoms with Crippen LogP contribution in [-0.4, -0.2) is 29.6 Å². The van der Waals surface area contributed by atoms with Crippen molar-refractivity contribution in [3.8, 4) is 11.3 Å². The van der Waals surface area contributed by atoms with Crippen LogP contribution in [0.4, 0.5) is 30.7 Å². The minimum Gasteiger partial charge on any atom is -0.347 e. The van der Waals surface area contributed by atoms with Crippen molar-refractivity contribution in [1.82, 2.24) is 14.3 Å². The van der Waals surface area contributed by atoms with E-state index < -0.39 is 67.8 Å². The van der Waals surface area contributed by atoms with Crippen LogP contribution in [0, 0.1) is 17.0 Å². The summed E-state index contributed by atoms with van der Waals surface area (Å²) in [5.74, 6) is -2.48. The fourth-order valence-corrected chi connectivity index (χ4v) is 5.71. The van der Waals surface area contributed by atoms with Crippen LogP contribution in [0.5, 0.6) is 0 Å². The van der Waals surface area contributed by atoms with Gasteiger partial charge in [0.1, 0.15) is 17.7 Å². The van der Waals surface area contributed by atoms with Crippen molar-refractivity contribution in [2.24, 2.45) is 5.41 Å². The molecule has 1 aliphatic rings. The molecule has 1 fully saturated rings. The summed E-state index contributed by atoms with van der Waals surface area (Å²) in [7, 11) is -4.06. The number of hydrogen-bond donors (Lipinski definition) is 1. The zero-order valence-corrected chi connectivity index (χ0v) is 20.8. The van der Waals surface area contributed by atoms with E-state index in [0.29, 0.717) is 19.0 Å². The van der Waals surface area contributed by atoms with Crippen molar-refractivity contribution >= 4 is 20.9 Å². The number of fused-ring (bicyclic) bond motifs is 1. The van der Waals surface area contributed by atoms with Crippen molar-refractivity contribution in [2.75, 3.05) is 0 Å². The average molecular weight is 552 g/mol. The summed E-state index contributed by atoms with van der Waals surface area (Å²) in [6.45, 7) is 5.66. The molecule has 13 heteroatoms. The van der Waals surface area contributed by atoms with Gasteiger partial charge in [-0.25, -0.2) is 30.7 Å². The molecule has 0 amide bonds. The van der Waals surface area contributed by atoms with Crippen LogP contribution < -0.4 is 4.72 Å². The molecule has 0 saturated heterocycles. The lowest BCUT2D eigenvalue weighted by Crippen LogP contribution is -2.35. The third-order valence-corrected chi connectivity index (χ3v) is 7.83. The molecule has 2 heterocycles. The molecule has 0 spiro atoms. The highest BCUT2D eigenvalue weighted by Crippen LogP contribution is 2.41. The highest BCUT2D eigenvalue weighted by molar-refractivity contribution is 7.90. The molecule has 3 aromatic rings. The van der Waals surface area contributed by atoms with Gasteiger partial charge in [-0.15, -0.1) is 0 Å². The quantitative estimate of drug-likeness (QED) is 0.344. The van der Waals surface area contributed by atoms with Crippen LogP contribution in [-0.2, 0) is 22.7 Å². The number of sulfonamides is 1. The van der Waals surface area contributed by atoms with Crippen LogP contribution in [0.2, 0.25) is 0 Å². The van der Waals surface area contributed by atoms with E-state index in [1.165, 1.54) is 10.8 Å². The molecule has 1 atom stereocenters. The Labute approximate surface area is 208 Å². The summed E-state index contributed by atoms with van der Waals surface area (Å²) in [6, 6.07) is 0.0121. The lowest BCUT2D eigenvalue weighted by atomic mass is 9.96. The molecule has 2 aromatic heterocycles. The van der Waals surface area contributed by atoms with Crippen LogP contribution in [0.25, 0.3) is 22.2 Å². The van der Waals surface area contributed by atoms with Gasteiger partial charge >= 0.3 is 6.18 Å². The SMILES string of the molecule is CC(C)(C)Cn1cc(C(NS(=O)(=O)C2CC2)C(F)F)c2cc(F)c(-c3ncc(F)cc3C(F)(F)F)cc21. The summed E-state index contributed by atoms with van der Waals surface area (Å²) in [5.41, 5.74) is -3.53. The number of benzene rings is 1. The molecule has 37 heavy (non-hydrogen) atoms. The molecule has 1 aliphatic carbocycles. The summed E-state index contributed by atoms with van der Waals surface area (Å²) < 4.78 is 126. The molecule has 0 radical (unpaired) electrons. The number of pyridine rings is 1. The summed E-state index contributed by atoms with van der Waals surface area (Å²) in [4.78, 5) is 3.48. The maximum Gasteiger partial charge on any atom is 0.418 e. The Kier molecular flexibility index (Phi) is 6.85. The second-order valence-electron chi connectivity index (χ2n) is 10.3. The van der Waals surface area contributed by atoms with Gasteiger partial charge in [0.2, 0.25) is 10.0 Å². The number of hydrogen-bond acceptors (Lipinski definition) is 3. The van der Waals surface area contributed by atoms with E-state index in [1.54, 1.807) is 0 Å². The lowest BCUT2D eigenvalue weighted by molar-refractivity contribution is -0.137. The van der Waals surface area contributed by atoms with Gasteiger partial charge in [-0.05, 0) is 36.5 Å².